The Morgan fingerprint density at radius 2 is 1.78 bits per heavy atom. The molecule has 1 heterocycles. The van der Waals surface area contributed by atoms with Gasteiger partial charge in [-0.3, -0.25) is 14.5 Å². The summed E-state index contributed by atoms with van der Waals surface area (Å²) < 4.78 is 0. The number of primary amides is 1. The van der Waals surface area contributed by atoms with Crippen LogP contribution in [-0.4, -0.2) is 35.8 Å². The van der Waals surface area contributed by atoms with Crippen molar-refractivity contribution in [3.05, 3.63) is 29.8 Å². The number of amides is 2. The number of carbonyl (C=O) groups is 2. The second-order valence-electron chi connectivity index (χ2n) is 6.62. The standard InChI is InChI=1S/C18H27N3O2/c1-12(2)15-6-4-5-7-16(15)20-18(23)13(3)21-10-8-14(9-11-21)17(19)22/h4-7,12-14H,8-11H2,1-3H3,(H2,19,22)(H,20,23)/t13-/m1/s1. The maximum atomic E-state index is 12.6. The average Bonchev–Trinajstić information content (AvgIpc) is 2.54. The first kappa shape index (κ1) is 17.5. The minimum atomic E-state index is -0.229. The molecule has 0 spiro atoms. The first-order valence-corrected chi connectivity index (χ1v) is 8.33. The highest BCUT2D eigenvalue weighted by Crippen LogP contribution is 2.24. The van der Waals surface area contributed by atoms with Gasteiger partial charge in [0.05, 0.1) is 6.04 Å². The number of likely N-dealkylation sites (tertiary alicyclic amines) is 1. The SMILES string of the molecule is CC(C)c1ccccc1NC(=O)[C@@H](C)N1CCC(C(N)=O)CC1. The number of nitrogens with zero attached hydrogens (tertiary/aromatic N) is 1. The number of carbonyl (C=O) groups excluding carboxylic acids is 2. The molecule has 5 nitrogen and oxygen atoms in total. The van der Waals surface area contributed by atoms with Crippen molar-refractivity contribution in [1.29, 1.82) is 0 Å². The Labute approximate surface area is 138 Å². The third-order valence-electron chi connectivity index (χ3n) is 4.70. The molecule has 0 unspecified atom stereocenters. The van der Waals surface area contributed by atoms with Crippen LogP contribution in [0.5, 0.6) is 0 Å². The fourth-order valence-corrected chi connectivity index (χ4v) is 3.09. The third-order valence-corrected chi connectivity index (χ3v) is 4.70. The molecule has 0 bridgehead atoms. The van der Waals surface area contributed by atoms with Gasteiger partial charge in [-0.05, 0) is 50.4 Å². The second kappa shape index (κ2) is 7.59. The molecule has 1 aliphatic heterocycles. The molecule has 1 aromatic carbocycles. The van der Waals surface area contributed by atoms with Crippen molar-refractivity contribution in [2.45, 2.75) is 45.6 Å². The van der Waals surface area contributed by atoms with E-state index in [1.807, 2.05) is 31.2 Å². The number of hydrogen-bond donors (Lipinski definition) is 2. The number of nitrogens with one attached hydrogen (secondary N) is 1. The Hall–Kier alpha value is -1.88. The Kier molecular flexibility index (Phi) is 5.77. The molecule has 0 aromatic heterocycles. The maximum Gasteiger partial charge on any atom is 0.241 e. The van der Waals surface area contributed by atoms with E-state index >= 15 is 0 Å². The maximum absolute atomic E-state index is 12.6. The number of hydrogen-bond acceptors (Lipinski definition) is 3. The number of para-hydroxylation sites is 1. The van der Waals surface area contributed by atoms with Crippen molar-refractivity contribution >= 4 is 17.5 Å². The van der Waals surface area contributed by atoms with E-state index in [2.05, 4.69) is 24.1 Å². The van der Waals surface area contributed by atoms with Crippen LogP contribution in [0.2, 0.25) is 0 Å². The minimum Gasteiger partial charge on any atom is -0.369 e. The van der Waals surface area contributed by atoms with E-state index in [0.29, 0.717) is 5.92 Å². The van der Waals surface area contributed by atoms with Crippen LogP contribution >= 0.6 is 0 Å². The predicted molar refractivity (Wildman–Crippen MR) is 92.1 cm³/mol. The summed E-state index contributed by atoms with van der Waals surface area (Å²) in [4.78, 5) is 25.9. The van der Waals surface area contributed by atoms with Crippen LogP contribution in [0.4, 0.5) is 5.69 Å². The Balaban J connectivity index is 1.97. The molecule has 1 aliphatic rings. The third kappa shape index (κ3) is 4.32. The van der Waals surface area contributed by atoms with Gasteiger partial charge in [0.1, 0.15) is 0 Å². The molecule has 1 saturated heterocycles. The molecule has 2 rings (SSSR count). The lowest BCUT2D eigenvalue weighted by Gasteiger charge is -2.34. The first-order valence-electron chi connectivity index (χ1n) is 8.33. The Morgan fingerprint density at radius 3 is 2.35 bits per heavy atom. The van der Waals surface area contributed by atoms with Crippen LogP contribution in [0.3, 0.4) is 0 Å². The van der Waals surface area contributed by atoms with Crippen LogP contribution in [0.1, 0.15) is 45.1 Å². The van der Waals surface area contributed by atoms with Crippen LogP contribution in [0.25, 0.3) is 0 Å². The molecule has 0 radical (unpaired) electrons. The lowest BCUT2D eigenvalue weighted by Crippen LogP contribution is -2.47. The van der Waals surface area contributed by atoms with Crippen molar-refractivity contribution in [2.24, 2.45) is 11.7 Å². The molecular weight excluding hydrogens is 290 g/mol. The molecule has 23 heavy (non-hydrogen) atoms. The first-order chi connectivity index (χ1) is 10.9. The van der Waals surface area contributed by atoms with Gasteiger partial charge in [-0.1, -0.05) is 32.0 Å². The molecule has 1 atom stereocenters. The van der Waals surface area contributed by atoms with Gasteiger partial charge in [-0.15, -0.1) is 0 Å². The quantitative estimate of drug-likeness (QED) is 0.875. The van der Waals surface area contributed by atoms with Gasteiger partial charge in [0.15, 0.2) is 0 Å². The summed E-state index contributed by atoms with van der Waals surface area (Å²) in [6, 6.07) is 7.69. The summed E-state index contributed by atoms with van der Waals surface area (Å²) in [6.45, 7) is 7.60. The minimum absolute atomic E-state index is 0.00405. The molecule has 0 saturated carbocycles. The predicted octanol–water partition coefficient (Wildman–Crippen LogP) is 2.33. The molecular formula is C18H27N3O2. The van der Waals surface area contributed by atoms with E-state index in [4.69, 9.17) is 5.73 Å². The zero-order valence-corrected chi connectivity index (χ0v) is 14.2. The molecule has 126 valence electrons. The van der Waals surface area contributed by atoms with E-state index in [1.165, 1.54) is 0 Å². The molecule has 2 amide bonds. The molecule has 3 N–H and O–H groups in total. The van der Waals surface area contributed by atoms with E-state index in [-0.39, 0.29) is 23.8 Å². The van der Waals surface area contributed by atoms with Gasteiger partial charge in [0.2, 0.25) is 11.8 Å². The highest BCUT2D eigenvalue weighted by molar-refractivity contribution is 5.95. The van der Waals surface area contributed by atoms with Crippen molar-refractivity contribution in [3.63, 3.8) is 0 Å². The number of rotatable bonds is 5. The summed E-state index contributed by atoms with van der Waals surface area (Å²) in [5.74, 6) is 0.0690. The van der Waals surface area contributed by atoms with Crippen LogP contribution in [0.15, 0.2) is 24.3 Å². The average molecular weight is 317 g/mol. The van der Waals surface area contributed by atoms with E-state index in [0.717, 1.165) is 37.2 Å². The topological polar surface area (TPSA) is 75.4 Å². The van der Waals surface area contributed by atoms with E-state index in [9.17, 15) is 9.59 Å². The zero-order chi connectivity index (χ0) is 17.0. The van der Waals surface area contributed by atoms with Gasteiger partial charge < -0.3 is 11.1 Å². The zero-order valence-electron chi connectivity index (χ0n) is 14.2. The normalized spacial score (nSPS) is 17.9. The summed E-state index contributed by atoms with van der Waals surface area (Å²) in [5.41, 5.74) is 7.38. The van der Waals surface area contributed by atoms with E-state index < -0.39 is 0 Å². The Morgan fingerprint density at radius 1 is 1.17 bits per heavy atom. The number of nitrogens with two attached hydrogens (primary N) is 1. The lowest BCUT2D eigenvalue weighted by molar-refractivity contribution is -0.124. The number of anilines is 1. The van der Waals surface area contributed by atoms with Crippen molar-refractivity contribution in [2.75, 3.05) is 18.4 Å². The number of benzene rings is 1. The highest BCUT2D eigenvalue weighted by atomic mass is 16.2. The summed E-state index contributed by atoms with van der Waals surface area (Å²) in [5, 5.41) is 3.05. The monoisotopic (exact) mass is 317 g/mol. The van der Waals surface area contributed by atoms with Crippen LogP contribution in [-0.2, 0) is 9.59 Å². The number of piperidine rings is 1. The fourth-order valence-electron chi connectivity index (χ4n) is 3.09. The fraction of sp³-hybridized carbons (Fsp3) is 0.556. The van der Waals surface area contributed by atoms with Gasteiger partial charge >= 0.3 is 0 Å². The smallest absolute Gasteiger partial charge is 0.241 e. The van der Waals surface area contributed by atoms with Gasteiger partial charge in [-0.2, -0.15) is 0 Å². The summed E-state index contributed by atoms with van der Waals surface area (Å²) >= 11 is 0. The largest absolute Gasteiger partial charge is 0.369 e. The Bertz CT molecular complexity index is 563. The van der Waals surface area contributed by atoms with Crippen molar-refractivity contribution in [3.8, 4) is 0 Å². The van der Waals surface area contributed by atoms with Gasteiger partial charge in [0.25, 0.3) is 0 Å². The summed E-state index contributed by atoms with van der Waals surface area (Å²) in [7, 11) is 0. The summed E-state index contributed by atoms with van der Waals surface area (Å²) in [6.07, 6.45) is 1.46. The van der Waals surface area contributed by atoms with Gasteiger partial charge in [-0.25, -0.2) is 0 Å². The molecule has 0 aliphatic carbocycles. The van der Waals surface area contributed by atoms with Gasteiger partial charge in [0, 0.05) is 11.6 Å². The molecule has 1 fully saturated rings. The van der Waals surface area contributed by atoms with Crippen LogP contribution < -0.4 is 11.1 Å². The molecule has 5 heteroatoms. The second-order valence-corrected chi connectivity index (χ2v) is 6.62. The highest BCUT2D eigenvalue weighted by Gasteiger charge is 2.29. The van der Waals surface area contributed by atoms with E-state index in [1.54, 1.807) is 0 Å². The lowest BCUT2D eigenvalue weighted by atomic mass is 9.95. The molecule has 1 aromatic rings. The van der Waals surface area contributed by atoms with Crippen molar-refractivity contribution < 1.29 is 9.59 Å². The van der Waals surface area contributed by atoms with Crippen LogP contribution in [0, 0.1) is 5.92 Å². The van der Waals surface area contributed by atoms with Crippen molar-refractivity contribution in [1.82, 2.24) is 4.90 Å².